The standard InChI is InChI=1S/C23H29N5O5S/c1-33-12-11-28(22(32)16-7-3-2-4-8-16)14-20(30)27-23-25-17(15-34-23)13-19(29)26-18-9-5-6-10-24-21(18)31/h2-4,7-8,15,18H,5-6,9-14H2,1H3,(H,24,31)(H,26,29)(H,25,27,30). The zero-order valence-corrected chi connectivity index (χ0v) is 19.9. The lowest BCUT2D eigenvalue weighted by Crippen LogP contribution is -2.46. The number of benzene rings is 1. The number of ether oxygens (including phenoxy) is 1. The van der Waals surface area contributed by atoms with Crippen LogP contribution in [-0.4, -0.2) is 72.9 Å². The number of carbonyl (C=O) groups excluding carboxylic acids is 4. The minimum atomic E-state index is -0.534. The lowest BCUT2D eigenvalue weighted by molar-refractivity contribution is -0.128. The molecule has 1 unspecified atom stereocenters. The van der Waals surface area contributed by atoms with Gasteiger partial charge >= 0.3 is 0 Å². The van der Waals surface area contributed by atoms with Crippen molar-refractivity contribution in [1.82, 2.24) is 20.5 Å². The third-order valence-corrected chi connectivity index (χ3v) is 6.02. The molecule has 11 heteroatoms. The van der Waals surface area contributed by atoms with E-state index in [1.54, 1.807) is 29.6 Å². The topological polar surface area (TPSA) is 130 Å². The van der Waals surface area contributed by atoms with Crippen LogP contribution in [0.2, 0.25) is 0 Å². The number of aromatic nitrogens is 1. The SMILES string of the molecule is COCCN(CC(=O)Nc1nc(CC(=O)NC2CCCCNC2=O)cs1)C(=O)c1ccccc1. The average Bonchev–Trinajstić information content (AvgIpc) is 3.16. The van der Waals surface area contributed by atoms with Gasteiger partial charge in [0.05, 0.1) is 18.7 Å². The van der Waals surface area contributed by atoms with Crippen LogP contribution >= 0.6 is 11.3 Å². The second-order valence-electron chi connectivity index (χ2n) is 7.86. The second kappa shape index (κ2) is 12.8. The Morgan fingerprint density at radius 2 is 2.00 bits per heavy atom. The van der Waals surface area contributed by atoms with E-state index in [-0.39, 0.29) is 37.2 Å². The van der Waals surface area contributed by atoms with Crippen LogP contribution in [0, 0.1) is 0 Å². The normalized spacial score (nSPS) is 15.7. The van der Waals surface area contributed by atoms with Gasteiger partial charge in [-0.1, -0.05) is 18.2 Å². The molecule has 10 nitrogen and oxygen atoms in total. The molecule has 0 bridgehead atoms. The lowest BCUT2D eigenvalue weighted by Gasteiger charge is -2.21. The molecule has 4 amide bonds. The van der Waals surface area contributed by atoms with Crippen molar-refractivity contribution in [2.24, 2.45) is 0 Å². The van der Waals surface area contributed by atoms with Gasteiger partial charge in [-0.3, -0.25) is 19.2 Å². The van der Waals surface area contributed by atoms with Crippen LogP contribution in [0.1, 0.15) is 35.3 Å². The molecule has 1 saturated heterocycles. The van der Waals surface area contributed by atoms with Crippen LogP contribution in [0.5, 0.6) is 0 Å². The third-order valence-electron chi connectivity index (χ3n) is 5.22. The van der Waals surface area contributed by atoms with E-state index in [0.29, 0.717) is 36.0 Å². The Morgan fingerprint density at radius 1 is 1.21 bits per heavy atom. The van der Waals surface area contributed by atoms with Gasteiger partial charge in [-0.05, 0) is 31.4 Å². The van der Waals surface area contributed by atoms with Crippen LogP contribution in [0.15, 0.2) is 35.7 Å². The maximum Gasteiger partial charge on any atom is 0.254 e. The molecule has 0 radical (unpaired) electrons. The number of anilines is 1. The summed E-state index contributed by atoms with van der Waals surface area (Å²) >= 11 is 1.19. The number of rotatable bonds is 10. The number of nitrogens with one attached hydrogen (secondary N) is 3. The summed E-state index contributed by atoms with van der Waals surface area (Å²) in [7, 11) is 1.53. The molecule has 34 heavy (non-hydrogen) atoms. The van der Waals surface area contributed by atoms with Crippen molar-refractivity contribution in [3.8, 4) is 0 Å². The summed E-state index contributed by atoms with van der Waals surface area (Å²) in [6, 6.07) is 8.18. The summed E-state index contributed by atoms with van der Waals surface area (Å²) in [4.78, 5) is 55.4. The highest BCUT2D eigenvalue weighted by Gasteiger charge is 2.23. The lowest BCUT2D eigenvalue weighted by atomic mass is 10.1. The molecule has 1 atom stereocenters. The number of hydrogen-bond acceptors (Lipinski definition) is 7. The van der Waals surface area contributed by atoms with Crippen LogP contribution in [0.3, 0.4) is 0 Å². The van der Waals surface area contributed by atoms with Crippen molar-refractivity contribution in [1.29, 1.82) is 0 Å². The van der Waals surface area contributed by atoms with Gasteiger partial charge in [0.1, 0.15) is 12.6 Å². The molecule has 0 aliphatic carbocycles. The van der Waals surface area contributed by atoms with Gasteiger partial charge in [0.25, 0.3) is 5.91 Å². The van der Waals surface area contributed by atoms with Gasteiger partial charge in [0, 0.05) is 31.1 Å². The summed E-state index contributed by atoms with van der Waals surface area (Å²) < 4.78 is 5.07. The first-order valence-electron chi connectivity index (χ1n) is 11.1. The first kappa shape index (κ1) is 25.3. The van der Waals surface area contributed by atoms with Crippen molar-refractivity contribution in [2.45, 2.75) is 31.7 Å². The smallest absolute Gasteiger partial charge is 0.254 e. The molecule has 1 aromatic heterocycles. The van der Waals surface area contributed by atoms with Gasteiger partial charge in [-0.2, -0.15) is 0 Å². The van der Waals surface area contributed by atoms with E-state index in [9.17, 15) is 19.2 Å². The van der Waals surface area contributed by atoms with E-state index >= 15 is 0 Å². The van der Waals surface area contributed by atoms with E-state index < -0.39 is 11.9 Å². The Labute approximate surface area is 202 Å². The van der Waals surface area contributed by atoms with Crippen molar-refractivity contribution in [3.63, 3.8) is 0 Å². The summed E-state index contributed by atoms with van der Waals surface area (Å²) in [6.07, 6.45) is 2.37. The zero-order valence-electron chi connectivity index (χ0n) is 19.0. The maximum absolute atomic E-state index is 12.8. The van der Waals surface area contributed by atoms with E-state index in [2.05, 4.69) is 20.9 Å². The van der Waals surface area contributed by atoms with E-state index in [1.165, 1.54) is 23.3 Å². The highest BCUT2D eigenvalue weighted by Crippen LogP contribution is 2.16. The number of carbonyl (C=O) groups is 4. The molecule has 2 heterocycles. The summed E-state index contributed by atoms with van der Waals surface area (Å²) in [5, 5.41) is 10.2. The highest BCUT2D eigenvalue weighted by atomic mass is 32.1. The van der Waals surface area contributed by atoms with Gasteiger partial charge < -0.3 is 25.6 Å². The molecule has 2 aromatic rings. The van der Waals surface area contributed by atoms with Crippen LogP contribution < -0.4 is 16.0 Å². The van der Waals surface area contributed by atoms with Gasteiger partial charge in [-0.15, -0.1) is 11.3 Å². The van der Waals surface area contributed by atoms with Crippen LogP contribution in [0.25, 0.3) is 0 Å². The minimum Gasteiger partial charge on any atom is -0.383 e. The molecule has 1 aliphatic heterocycles. The Hall–Kier alpha value is -3.31. The Kier molecular flexibility index (Phi) is 9.53. The summed E-state index contributed by atoms with van der Waals surface area (Å²) in [5.41, 5.74) is 0.972. The minimum absolute atomic E-state index is 0.00259. The van der Waals surface area contributed by atoms with Crippen LogP contribution in [-0.2, 0) is 25.5 Å². The molecule has 3 rings (SSSR count). The van der Waals surface area contributed by atoms with Gasteiger partial charge in [0.2, 0.25) is 17.7 Å². The highest BCUT2D eigenvalue weighted by molar-refractivity contribution is 7.13. The van der Waals surface area contributed by atoms with E-state index in [1.807, 2.05) is 6.07 Å². The van der Waals surface area contributed by atoms with E-state index in [4.69, 9.17) is 4.74 Å². The predicted octanol–water partition coefficient (Wildman–Crippen LogP) is 1.20. The predicted molar refractivity (Wildman–Crippen MR) is 127 cm³/mol. The van der Waals surface area contributed by atoms with Gasteiger partial charge in [0.15, 0.2) is 5.13 Å². The average molecular weight is 488 g/mol. The summed E-state index contributed by atoms with van der Waals surface area (Å²) in [6.45, 7) is 1.01. The molecule has 0 saturated carbocycles. The Balaban J connectivity index is 1.53. The van der Waals surface area contributed by atoms with Crippen LogP contribution in [0.4, 0.5) is 5.13 Å². The monoisotopic (exact) mass is 487 g/mol. The largest absolute Gasteiger partial charge is 0.383 e. The number of thiazole rings is 1. The van der Waals surface area contributed by atoms with Crippen molar-refractivity contribution >= 4 is 40.1 Å². The molecule has 1 fully saturated rings. The van der Waals surface area contributed by atoms with Crippen molar-refractivity contribution in [2.75, 3.05) is 38.7 Å². The fourth-order valence-electron chi connectivity index (χ4n) is 3.48. The first-order valence-corrected chi connectivity index (χ1v) is 12.0. The Morgan fingerprint density at radius 3 is 2.76 bits per heavy atom. The fourth-order valence-corrected chi connectivity index (χ4v) is 4.21. The quantitative estimate of drug-likeness (QED) is 0.462. The number of nitrogens with zero attached hydrogens (tertiary/aromatic N) is 2. The first-order chi connectivity index (χ1) is 16.5. The molecule has 3 N–H and O–H groups in total. The summed E-state index contributed by atoms with van der Waals surface area (Å²) in [5.74, 6) is -1.14. The molecule has 1 aliphatic rings. The third kappa shape index (κ3) is 7.63. The molecule has 1 aromatic carbocycles. The molecule has 0 spiro atoms. The van der Waals surface area contributed by atoms with Crippen molar-refractivity contribution in [3.05, 3.63) is 47.0 Å². The number of methoxy groups -OCH3 is 1. The fraction of sp³-hybridized carbons (Fsp3) is 0.435. The number of amides is 4. The zero-order chi connectivity index (χ0) is 24.3. The van der Waals surface area contributed by atoms with E-state index in [0.717, 1.165) is 12.8 Å². The van der Waals surface area contributed by atoms with Crippen molar-refractivity contribution < 1.29 is 23.9 Å². The Bertz CT molecular complexity index is 997. The van der Waals surface area contributed by atoms with Gasteiger partial charge in [-0.25, -0.2) is 4.98 Å². The number of hydrogen-bond donors (Lipinski definition) is 3. The molecule has 182 valence electrons. The molecular formula is C23H29N5O5S. The molecular weight excluding hydrogens is 458 g/mol. The maximum atomic E-state index is 12.8. The second-order valence-corrected chi connectivity index (χ2v) is 8.72.